The fraction of sp³-hybridized carbons (Fsp3) is 0.375. The van der Waals surface area contributed by atoms with Crippen molar-refractivity contribution in [2.24, 2.45) is 0 Å². The minimum Gasteiger partial charge on any atom is -0.354 e. The van der Waals surface area contributed by atoms with Gasteiger partial charge in [-0.05, 0) is 31.7 Å². The maximum atomic E-state index is 4.54. The lowest BCUT2D eigenvalue weighted by Gasteiger charge is -2.23. The summed E-state index contributed by atoms with van der Waals surface area (Å²) in [4.78, 5) is 11.1. The molecule has 2 aromatic rings. The fourth-order valence-corrected chi connectivity index (χ4v) is 2.29. The Hall–Kier alpha value is -1.94. The van der Waals surface area contributed by atoms with Gasteiger partial charge in [-0.2, -0.15) is 0 Å². The summed E-state index contributed by atoms with van der Waals surface area (Å²) in [5.41, 5.74) is 2.26. The van der Waals surface area contributed by atoms with Gasteiger partial charge in [0.2, 0.25) is 0 Å². The van der Waals surface area contributed by atoms with Crippen LogP contribution in [0.1, 0.15) is 31.1 Å². The van der Waals surface area contributed by atoms with Gasteiger partial charge in [0, 0.05) is 31.0 Å². The van der Waals surface area contributed by atoms with Gasteiger partial charge < -0.3 is 10.2 Å². The third-order valence-electron chi connectivity index (χ3n) is 3.28. The van der Waals surface area contributed by atoms with E-state index in [1.54, 1.807) is 0 Å². The highest BCUT2D eigenvalue weighted by Crippen LogP contribution is 2.23. The molecular formula is C16H22N4. The molecule has 0 spiro atoms. The minimum absolute atomic E-state index is 0.287. The standard InChI is InChI=1S/C16H22N4/c1-4-17-13(2)15-9-7-11-19-16(15)20(3)12-14-8-5-6-10-18-14/h5-11,13,17H,4,12H2,1-3H3. The van der Waals surface area contributed by atoms with Crippen LogP contribution in [0.5, 0.6) is 0 Å². The first-order valence-corrected chi connectivity index (χ1v) is 7.01. The zero-order chi connectivity index (χ0) is 14.4. The molecular weight excluding hydrogens is 248 g/mol. The Labute approximate surface area is 120 Å². The van der Waals surface area contributed by atoms with Crippen LogP contribution in [0, 0.1) is 0 Å². The molecule has 0 saturated heterocycles. The van der Waals surface area contributed by atoms with Crippen molar-refractivity contribution in [3.05, 3.63) is 54.0 Å². The van der Waals surface area contributed by atoms with E-state index >= 15 is 0 Å². The van der Waals surface area contributed by atoms with Crippen LogP contribution in [0.15, 0.2) is 42.7 Å². The maximum absolute atomic E-state index is 4.54. The summed E-state index contributed by atoms with van der Waals surface area (Å²) in [7, 11) is 2.05. The SMILES string of the molecule is CCNC(C)c1cccnc1N(C)Cc1ccccn1. The molecule has 2 aromatic heterocycles. The van der Waals surface area contributed by atoms with Crippen LogP contribution in [0.4, 0.5) is 5.82 Å². The highest BCUT2D eigenvalue weighted by molar-refractivity contribution is 5.47. The molecule has 20 heavy (non-hydrogen) atoms. The van der Waals surface area contributed by atoms with Crippen molar-refractivity contribution in [2.45, 2.75) is 26.4 Å². The average Bonchev–Trinajstić information content (AvgIpc) is 2.48. The second kappa shape index (κ2) is 7.01. The highest BCUT2D eigenvalue weighted by atomic mass is 15.2. The van der Waals surface area contributed by atoms with Crippen LogP contribution in [0.2, 0.25) is 0 Å². The van der Waals surface area contributed by atoms with Crippen LogP contribution in [-0.2, 0) is 6.54 Å². The van der Waals surface area contributed by atoms with E-state index in [9.17, 15) is 0 Å². The Balaban J connectivity index is 2.19. The first kappa shape index (κ1) is 14.5. The van der Waals surface area contributed by atoms with Gasteiger partial charge in [-0.25, -0.2) is 4.98 Å². The number of anilines is 1. The Kier molecular flexibility index (Phi) is 5.07. The first-order valence-electron chi connectivity index (χ1n) is 7.01. The van der Waals surface area contributed by atoms with Crippen molar-refractivity contribution in [3.8, 4) is 0 Å². The lowest BCUT2D eigenvalue weighted by Crippen LogP contribution is -2.24. The van der Waals surface area contributed by atoms with Gasteiger partial charge >= 0.3 is 0 Å². The van der Waals surface area contributed by atoms with E-state index in [2.05, 4.69) is 47.1 Å². The maximum Gasteiger partial charge on any atom is 0.133 e. The first-order chi connectivity index (χ1) is 9.72. The number of nitrogens with zero attached hydrogens (tertiary/aromatic N) is 3. The molecule has 2 heterocycles. The summed E-state index contributed by atoms with van der Waals surface area (Å²) >= 11 is 0. The summed E-state index contributed by atoms with van der Waals surface area (Å²) in [5.74, 6) is 1.01. The molecule has 1 N–H and O–H groups in total. The van der Waals surface area contributed by atoms with Gasteiger partial charge in [0.15, 0.2) is 0 Å². The summed E-state index contributed by atoms with van der Waals surface area (Å²) in [6.45, 7) is 5.98. The predicted molar refractivity (Wildman–Crippen MR) is 82.7 cm³/mol. The summed E-state index contributed by atoms with van der Waals surface area (Å²) in [6, 6.07) is 10.4. The number of rotatable bonds is 6. The number of hydrogen-bond donors (Lipinski definition) is 1. The molecule has 0 fully saturated rings. The normalized spacial score (nSPS) is 12.2. The molecule has 4 heteroatoms. The van der Waals surface area contributed by atoms with Gasteiger partial charge in [0.25, 0.3) is 0 Å². The fourth-order valence-electron chi connectivity index (χ4n) is 2.29. The molecule has 0 bridgehead atoms. The highest BCUT2D eigenvalue weighted by Gasteiger charge is 2.14. The molecule has 0 amide bonds. The Morgan fingerprint density at radius 1 is 1.15 bits per heavy atom. The van der Waals surface area contributed by atoms with Gasteiger partial charge in [0.05, 0.1) is 12.2 Å². The van der Waals surface area contributed by atoms with Gasteiger partial charge in [-0.3, -0.25) is 4.98 Å². The Bertz CT molecular complexity index is 527. The molecule has 0 aliphatic heterocycles. The lowest BCUT2D eigenvalue weighted by atomic mass is 10.1. The largest absolute Gasteiger partial charge is 0.354 e. The number of nitrogens with one attached hydrogen (secondary N) is 1. The van der Waals surface area contributed by atoms with E-state index in [1.165, 1.54) is 5.56 Å². The summed E-state index contributed by atoms with van der Waals surface area (Å²) in [6.07, 6.45) is 3.66. The molecule has 1 unspecified atom stereocenters. The van der Waals surface area contributed by atoms with E-state index in [-0.39, 0.29) is 6.04 Å². The van der Waals surface area contributed by atoms with Crippen LogP contribution < -0.4 is 10.2 Å². The quantitative estimate of drug-likeness (QED) is 0.876. The molecule has 4 nitrogen and oxygen atoms in total. The lowest BCUT2D eigenvalue weighted by molar-refractivity contribution is 0.594. The number of aromatic nitrogens is 2. The van der Waals surface area contributed by atoms with Gasteiger partial charge in [-0.15, -0.1) is 0 Å². The molecule has 0 aliphatic carbocycles. The number of pyridine rings is 2. The van der Waals surface area contributed by atoms with Crippen molar-refractivity contribution in [1.82, 2.24) is 15.3 Å². The molecule has 2 rings (SSSR count). The zero-order valence-electron chi connectivity index (χ0n) is 12.4. The second-order valence-corrected chi connectivity index (χ2v) is 4.87. The van der Waals surface area contributed by atoms with Crippen molar-refractivity contribution in [1.29, 1.82) is 0 Å². The Morgan fingerprint density at radius 3 is 2.65 bits per heavy atom. The van der Waals surface area contributed by atoms with E-state index in [4.69, 9.17) is 0 Å². The van der Waals surface area contributed by atoms with E-state index in [0.717, 1.165) is 24.6 Å². The van der Waals surface area contributed by atoms with Crippen molar-refractivity contribution >= 4 is 5.82 Å². The van der Waals surface area contributed by atoms with Crippen molar-refractivity contribution < 1.29 is 0 Å². The van der Waals surface area contributed by atoms with Crippen LogP contribution >= 0.6 is 0 Å². The Morgan fingerprint density at radius 2 is 1.95 bits per heavy atom. The molecule has 0 radical (unpaired) electrons. The third kappa shape index (κ3) is 3.54. The monoisotopic (exact) mass is 270 g/mol. The zero-order valence-corrected chi connectivity index (χ0v) is 12.4. The average molecular weight is 270 g/mol. The van der Waals surface area contributed by atoms with Crippen LogP contribution in [0.25, 0.3) is 0 Å². The molecule has 106 valence electrons. The number of hydrogen-bond acceptors (Lipinski definition) is 4. The topological polar surface area (TPSA) is 41.1 Å². The van der Waals surface area contributed by atoms with Crippen molar-refractivity contribution in [3.63, 3.8) is 0 Å². The molecule has 0 saturated carbocycles. The van der Waals surface area contributed by atoms with Crippen LogP contribution in [-0.4, -0.2) is 23.6 Å². The molecule has 0 aromatic carbocycles. The minimum atomic E-state index is 0.287. The van der Waals surface area contributed by atoms with Crippen molar-refractivity contribution in [2.75, 3.05) is 18.5 Å². The van der Waals surface area contributed by atoms with Crippen LogP contribution in [0.3, 0.4) is 0 Å². The van der Waals surface area contributed by atoms with Gasteiger partial charge in [-0.1, -0.05) is 19.1 Å². The van der Waals surface area contributed by atoms with E-state index in [0.29, 0.717) is 0 Å². The molecule has 0 aliphatic rings. The predicted octanol–water partition coefficient (Wildman–Crippen LogP) is 2.78. The summed E-state index contributed by atoms with van der Waals surface area (Å²) < 4.78 is 0. The second-order valence-electron chi connectivity index (χ2n) is 4.87. The van der Waals surface area contributed by atoms with Gasteiger partial charge in [0.1, 0.15) is 5.82 Å². The smallest absolute Gasteiger partial charge is 0.133 e. The molecule has 1 atom stereocenters. The van der Waals surface area contributed by atoms with E-state index in [1.807, 2.05) is 36.7 Å². The van der Waals surface area contributed by atoms with E-state index < -0.39 is 0 Å². The third-order valence-corrected chi connectivity index (χ3v) is 3.28. The summed E-state index contributed by atoms with van der Waals surface area (Å²) in [5, 5.41) is 3.44.